The van der Waals surface area contributed by atoms with Crippen LogP contribution in [0.5, 0.6) is 0 Å². The van der Waals surface area contributed by atoms with E-state index in [1.54, 1.807) is 10.9 Å². The van der Waals surface area contributed by atoms with E-state index in [9.17, 15) is 4.79 Å². The lowest BCUT2D eigenvalue weighted by Gasteiger charge is -2.15. The van der Waals surface area contributed by atoms with Crippen molar-refractivity contribution in [2.24, 2.45) is 5.73 Å². The molecule has 1 aromatic heterocycles. The molecule has 0 spiro atoms. The fourth-order valence-electron chi connectivity index (χ4n) is 2.30. The number of nitrogens with zero attached hydrogens (tertiary/aromatic N) is 3. The first-order chi connectivity index (χ1) is 9.52. The molecule has 2 unspecified atom stereocenters. The summed E-state index contributed by atoms with van der Waals surface area (Å²) in [6, 6.07) is 0. The molecule has 20 heavy (non-hydrogen) atoms. The zero-order chi connectivity index (χ0) is 14.7. The highest BCUT2D eigenvalue weighted by Gasteiger charge is 2.33. The predicted octanol–water partition coefficient (Wildman–Crippen LogP) is 0.896. The monoisotopic (exact) mass is 344 g/mol. The molecule has 0 saturated carbocycles. The van der Waals surface area contributed by atoms with E-state index in [-0.39, 0.29) is 11.9 Å². The number of rotatable bonds is 6. The molecule has 2 atom stereocenters. The molecule has 2 rings (SSSR count). The van der Waals surface area contributed by atoms with Gasteiger partial charge >= 0.3 is 0 Å². The Bertz CT molecular complexity index is 475. The Morgan fingerprint density at radius 2 is 2.35 bits per heavy atom. The van der Waals surface area contributed by atoms with E-state index in [1.165, 1.54) is 0 Å². The van der Waals surface area contributed by atoms with Gasteiger partial charge in [-0.2, -0.15) is 5.10 Å². The summed E-state index contributed by atoms with van der Waals surface area (Å²) in [4.78, 5) is 14.6. The van der Waals surface area contributed by atoms with E-state index < -0.39 is 6.10 Å². The number of nitrogens with two attached hydrogens (primary N) is 1. The summed E-state index contributed by atoms with van der Waals surface area (Å²) in [6.45, 7) is 1.96. The Hall–Kier alpha value is -0.760. The number of Topliss-reactive ketones (excluding diaryl/α,β-unsaturated/α-hetero) is 1. The maximum atomic E-state index is 12.6. The average molecular weight is 345 g/mol. The van der Waals surface area contributed by atoms with E-state index in [1.807, 2.05) is 14.1 Å². The number of halogens is 1. The van der Waals surface area contributed by atoms with Gasteiger partial charge in [0.05, 0.1) is 23.3 Å². The maximum Gasteiger partial charge on any atom is 0.210 e. The third-order valence-corrected chi connectivity index (χ3v) is 4.03. The van der Waals surface area contributed by atoms with Gasteiger partial charge in [-0.3, -0.25) is 9.48 Å². The molecule has 0 bridgehead atoms. The third-order valence-electron chi connectivity index (χ3n) is 3.45. The van der Waals surface area contributed by atoms with E-state index in [0.717, 1.165) is 23.9 Å². The SMILES string of the molecule is CN(C)CCn1ncc(Br)c1C(=O)C1CCC(CN)O1. The highest BCUT2D eigenvalue weighted by molar-refractivity contribution is 9.10. The first-order valence-corrected chi connectivity index (χ1v) is 7.58. The first-order valence-electron chi connectivity index (χ1n) is 6.78. The molecule has 7 heteroatoms. The van der Waals surface area contributed by atoms with Crippen LogP contribution >= 0.6 is 15.9 Å². The zero-order valence-electron chi connectivity index (χ0n) is 11.9. The predicted molar refractivity (Wildman–Crippen MR) is 79.8 cm³/mol. The van der Waals surface area contributed by atoms with E-state index in [0.29, 0.717) is 18.8 Å². The molecule has 2 N–H and O–H groups in total. The van der Waals surface area contributed by atoms with Gasteiger partial charge in [-0.15, -0.1) is 0 Å². The lowest BCUT2D eigenvalue weighted by molar-refractivity contribution is 0.0394. The van der Waals surface area contributed by atoms with E-state index >= 15 is 0 Å². The number of ketones is 1. The molecule has 1 aliphatic heterocycles. The summed E-state index contributed by atoms with van der Waals surface area (Å²) in [7, 11) is 3.98. The molecule has 112 valence electrons. The summed E-state index contributed by atoms with van der Waals surface area (Å²) in [5.41, 5.74) is 6.18. The number of hydrogen-bond donors (Lipinski definition) is 1. The number of aromatic nitrogens is 2. The van der Waals surface area contributed by atoms with Crippen molar-refractivity contribution in [3.8, 4) is 0 Å². The number of carbonyl (C=O) groups is 1. The number of likely N-dealkylation sites (N-methyl/N-ethyl adjacent to an activating group) is 1. The number of hydrogen-bond acceptors (Lipinski definition) is 5. The molecule has 2 heterocycles. The van der Waals surface area contributed by atoms with Crippen LogP contribution in [0.1, 0.15) is 23.3 Å². The normalized spacial score (nSPS) is 22.6. The first kappa shape index (κ1) is 15.6. The fourth-order valence-corrected chi connectivity index (χ4v) is 2.79. The molecule has 0 amide bonds. The molecular formula is C13H21BrN4O2. The minimum Gasteiger partial charge on any atom is -0.365 e. The maximum absolute atomic E-state index is 12.6. The fraction of sp³-hybridized carbons (Fsp3) is 0.692. The highest BCUT2D eigenvalue weighted by atomic mass is 79.9. The Kier molecular flexibility index (Phi) is 5.31. The van der Waals surface area contributed by atoms with Gasteiger partial charge in [0.25, 0.3) is 0 Å². The summed E-state index contributed by atoms with van der Waals surface area (Å²) in [5, 5.41) is 4.26. The van der Waals surface area contributed by atoms with Crippen LogP contribution in [0.4, 0.5) is 0 Å². The van der Waals surface area contributed by atoms with Crippen LogP contribution in [0.25, 0.3) is 0 Å². The Balaban J connectivity index is 2.11. The van der Waals surface area contributed by atoms with Crippen molar-refractivity contribution in [3.05, 3.63) is 16.4 Å². The molecule has 0 aliphatic carbocycles. The summed E-state index contributed by atoms with van der Waals surface area (Å²) >= 11 is 3.41. The summed E-state index contributed by atoms with van der Waals surface area (Å²) in [5.74, 6) is -0.0101. The van der Waals surface area contributed by atoms with Crippen molar-refractivity contribution in [1.82, 2.24) is 14.7 Å². The van der Waals surface area contributed by atoms with Crippen molar-refractivity contribution in [1.29, 1.82) is 0 Å². The van der Waals surface area contributed by atoms with Gasteiger partial charge in [-0.1, -0.05) is 0 Å². The average Bonchev–Trinajstić information content (AvgIpc) is 3.02. The molecule has 6 nitrogen and oxygen atoms in total. The molecule has 1 fully saturated rings. The second-order valence-electron chi connectivity index (χ2n) is 5.29. The molecule has 0 radical (unpaired) electrons. The van der Waals surface area contributed by atoms with Crippen molar-refractivity contribution in [2.75, 3.05) is 27.2 Å². The van der Waals surface area contributed by atoms with Crippen LogP contribution < -0.4 is 5.73 Å². The van der Waals surface area contributed by atoms with Gasteiger partial charge in [0.15, 0.2) is 0 Å². The lowest BCUT2D eigenvalue weighted by Crippen LogP contribution is -2.28. The number of carbonyl (C=O) groups excluding carboxylic acids is 1. The van der Waals surface area contributed by atoms with Gasteiger partial charge < -0.3 is 15.4 Å². The Morgan fingerprint density at radius 3 is 2.95 bits per heavy atom. The van der Waals surface area contributed by atoms with Crippen LogP contribution in [0.15, 0.2) is 10.7 Å². The zero-order valence-corrected chi connectivity index (χ0v) is 13.5. The lowest BCUT2D eigenvalue weighted by atomic mass is 10.1. The highest BCUT2D eigenvalue weighted by Crippen LogP contribution is 2.25. The molecule has 1 saturated heterocycles. The summed E-state index contributed by atoms with van der Waals surface area (Å²) in [6.07, 6.45) is 2.84. The largest absolute Gasteiger partial charge is 0.365 e. The van der Waals surface area contributed by atoms with Gasteiger partial charge in [0, 0.05) is 13.1 Å². The molecule has 1 aromatic rings. The Labute approximate surface area is 127 Å². The van der Waals surface area contributed by atoms with E-state index in [2.05, 4.69) is 25.9 Å². The molecule has 1 aliphatic rings. The summed E-state index contributed by atoms with van der Waals surface area (Å²) < 4.78 is 8.15. The van der Waals surface area contributed by atoms with Crippen LogP contribution in [0.3, 0.4) is 0 Å². The van der Waals surface area contributed by atoms with Crippen molar-refractivity contribution in [2.45, 2.75) is 31.6 Å². The second-order valence-corrected chi connectivity index (χ2v) is 6.15. The van der Waals surface area contributed by atoms with Crippen LogP contribution in [0.2, 0.25) is 0 Å². The minimum atomic E-state index is -0.394. The smallest absolute Gasteiger partial charge is 0.210 e. The topological polar surface area (TPSA) is 73.4 Å². The molecule has 0 aromatic carbocycles. The van der Waals surface area contributed by atoms with Crippen LogP contribution in [-0.2, 0) is 11.3 Å². The van der Waals surface area contributed by atoms with Gasteiger partial charge in [0.2, 0.25) is 5.78 Å². The minimum absolute atomic E-state index is 0.000807. The van der Waals surface area contributed by atoms with Crippen LogP contribution in [-0.4, -0.2) is 59.9 Å². The third kappa shape index (κ3) is 3.46. The molecular weight excluding hydrogens is 324 g/mol. The Morgan fingerprint density at radius 1 is 1.60 bits per heavy atom. The van der Waals surface area contributed by atoms with E-state index in [4.69, 9.17) is 10.5 Å². The second kappa shape index (κ2) is 6.80. The van der Waals surface area contributed by atoms with Gasteiger partial charge in [-0.05, 0) is 42.9 Å². The van der Waals surface area contributed by atoms with Crippen LogP contribution in [0, 0.1) is 0 Å². The van der Waals surface area contributed by atoms with Crippen molar-refractivity contribution >= 4 is 21.7 Å². The standard InChI is InChI=1S/C13H21BrN4O2/c1-17(2)5-6-18-12(10(14)8-16-18)13(19)11-4-3-9(7-15)20-11/h8-9,11H,3-7,15H2,1-2H3. The van der Waals surface area contributed by atoms with Gasteiger partial charge in [-0.25, -0.2) is 0 Å². The van der Waals surface area contributed by atoms with Crippen molar-refractivity contribution < 1.29 is 9.53 Å². The van der Waals surface area contributed by atoms with Gasteiger partial charge in [0.1, 0.15) is 11.8 Å². The quantitative estimate of drug-likeness (QED) is 0.776. The van der Waals surface area contributed by atoms with Crippen molar-refractivity contribution in [3.63, 3.8) is 0 Å². The number of ether oxygens (including phenoxy) is 1.